The molecule has 0 N–H and O–H groups in total. The van der Waals surface area contributed by atoms with Crippen molar-refractivity contribution in [1.29, 1.82) is 0 Å². The van der Waals surface area contributed by atoms with Crippen molar-refractivity contribution in [2.24, 2.45) is 0 Å². The van der Waals surface area contributed by atoms with Gasteiger partial charge in [0.15, 0.2) is 0 Å². The van der Waals surface area contributed by atoms with Crippen molar-refractivity contribution in [3.8, 4) is 11.5 Å². The van der Waals surface area contributed by atoms with Crippen LogP contribution in [0.3, 0.4) is 0 Å². The second-order valence-corrected chi connectivity index (χ2v) is 6.53. The minimum Gasteiger partial charge on any atom is -0.411 e. The molecule has 1 heterocycles. The van der Waals surface area contributed by atoms with E-state index in [-0.39, 0.29) is 0 Å². The van der Waals surface area contributed by atoms with Gasteiger partial charge in [-0.3, -0.25) is 0 Å². The van der Waals surface area contributed by atoms with E-state index in [1.54, 1.807) is 11.8 Å². The average molecular weight is 331 g/mol. The predicted octanol–water partition coefficient (Wildman–Crippen LogP) is 5.30. The maximum absolute atomic E-state index is 5.88. The number of benzene rings is 2. The van der Waals surface area contributed by atoms with Crippen LogP contribution >= 0.6 is 23.4 Å². The van der Waals surface area contributed by atoms with E-state index in [0.717, 1.165) is 11.3 Å². The fourth-order valence-electron chi connectivity index (χ4n) is 2.27. The summed E-state index contributed by atoms with van der Waals surface area (Å²) in [6.45, 7) is 4.21. The zero-order valence-corrected chi connectivity index (χ0v) is 13.9. The zero-order valence-electron chi connectivity index (χ0n) is 12.3. The Morgan fingerprint density at radius 1 is 1.00 bits per heavy atom. The fraction of sp³-hybridized carbons (Fsp3) is 0.176. The van der Waals surface area contributed by atoms with Crippen molar-refractivity contribution in [3.05, 3.63) is 64.2 Å². The fourth-order valence-corrected chi connectivity index (χ4v) is 3.09. The van der Waals surface area contributed by atoms with E-state index in [4.69, 9.17) is 16.0 Å². The van der Waals surface area contributed by atoms with Crippen LogP contribution in [0.2, 0.25) is 5.02 Å². The summed E-state index contributed by atoms with van der Waals surface area (Å²) in [5.74, 6) is 1.32. The molecule has 0 aliphatic carbocycles. The van der Waals surface area contributed by atoms with Gasteiger partial charge < -0.3 is 4.42 Å². The van der Waals surface area contributed by atoms with E-state index in [0.29, 0.717) is 16.1 Å². The molecule has 0 bridgehead atoms. The van der Waals surface area contributed by atoms with Gasteiger partial charge in [0.1, 0.15) is 0 Å². The molecule has 2 aromatic carbocycles. The highest BCUT2D eigenvalue weighted by Crippen LogP contribution is 2.27. The van der Waals surface area contributed by atoms with E-state index in [2.05, 4.69) is 42.2 Å². The first kappa shape index (κ1) is 15.1. The molecule has 0 aliphatic rings. The SMILES string of the molecule is Cc1cc(C)cc(CSc2nnc(-c3ccc(Cl)cc3)o2)c1. The number of aromatic nitrogens is 2. The molecule has 0 saturated heterocycles. The summed E-state index contributed by atoms with van der Waals surface area (Å²) in [6.07, 6.45) is 0. The number of rotatable bonds is 4. The van der Waals surface area contributed by atoms with Crippen molar-refractivity contribution in [2.75, 3.05) is 0 Å². The number of hydrogen-bond acceptors (Lipinski definition) is 4. The molecule has 3 nitrogen and oxygen atoms in total. The van der Waals surface area contributed by atoms with Gasteiger partial charge in [-0.1, -0.05) is 52.7 Å². The number of halogens is 1. The minimum atomic E-state index is 0.514. The largest absolute Gasteiger partial charge is 0.411 e. The highest BCUT2D eigenvalue weighted by atomic mass is 35.5. The Balaban J connectivity index is 1.70. The minimum absolute atomic E-state index is 0.514. The first-order valence-electron chi connectivity index (χ1n) is 6.89. The number of thioether (sulfide) groups is 1. The van der Waals surface area contributed by atoms with Gasteiger partial charge in [-0.15, -0.1) is 10.2 Å². The summed E-state index contributed by atoms with van der Waals surface area (Å²) in [5, 5.41) is 9.43. The molecule has 0 aliphatic heterocycles. The van der Waals surface area contributed by atoms with Crippen LogP contribution in [0, 0.1) is 13.8 Å². The summed E-state index contributed by atoms with van der Waals surface area (Å²) in [5.41, 5.74) is 4.66. The van der Waals surface area contributed by atoms with Crippen LogP contribution in [0.4, 0.5) is 0 Å². The molecule has 5 heteroatoms. The van der Waals surface area contributed by atoms with Crippen molar-refractivity contribution in [1.82, 2.24) is 10.2 Å². The van der Waals surface area contributed by atoms with Crippen LogP contribution in [0.15, 0.2) is 52.1 Å². The third-order valence-corrected chi connectivity index (χ3v) is 4.28. The molecule has 0 atom stereocenters. The van der Waals surface area contributed by atoms with E-state index >= 15 is 0 Å². The Bertz CT molecular complexity index is 763. The van der Waals surface area contributed by atoms with Gasteiger partial charge in [-0.2, -0.15) is 0 Å². The van der Waals surface area contributed by atoms with Crippen molar-refractivity contribution >= 4 is 23.4 Å². The smallest absolute Gasteiger partial charge is 0.277 e. The first-order valence-corrected chi connectivity index (χ1v) is 8.26. The normalized spacial score (nSPS) is 10.9. The molecule has 1 aromatic heterocycles. The molecule has 3 aromatic rings. The topological polar surface area (TPSA) is 38.9 Å². The van der Waals surface area contributed by atoms with Crippen molar-refractivity contribution in [2.45, 2.75) is 24.8 Å². The van der Waals surface area contributed by atoms with Crippen molar-refractivity contribution in [3.63, 3.8) is 0 Å². The molecule has 0 unspecified atom stereocenters. The Morgan fingerprint density at radius 2 is 1.68 bits per heavy atom. The summed E-state index contributed by atoms with van der Waals surface area (Å²) in [6, 6.07) is 13.9. The number of hydrogen-bond donors (Lipinski definition) is 0. The number of nitrogens with zero attached hydrogens (tertiary/aromatic N) is 2. The Labute approximate surface area is 138 Å². The van der Waals surface area contributed by atoms with Gasteiger partial charge in [0.2, 0.25) is 5.89 Å². The zero-order chi connectivity index (χ0) is 15.5. The van der Waals surface area contributed by atoms with Gasteiger partial charge >= 0.3 is 0 Å². The Hall–Kier alpha value is -1.78. The highest BCUT2D eigenvalue weighted by Gasteiger charge is 2.09. The average Bonchev–Trinajstić information content (AvgIpc) is 2.94. The van der Waals surface area contributed by atoms with Gasteiger partial charge in [-0.25, -0.2) is 0 Å². The molecule has 0 amide bonds. The second-order valence-electron chi connectivity index (χ2n) is 5.16. The van der Waals surface area contributed by atoms with Gasteiger partial charge in [0.05, 0.1) is 0 Å². The lowest BCUT2D eigenvalue weighted by Gasteiger charge is -2.02. The van der Waals surface area contributed by atoms with E-state index < -0.39 is 0 Å². The van der Waals surface area contributed by atoms with Crippen LogP contribution in [-0.2, 0) is 5.75 Å². The predicted molar refractivity (Wildman–Crippen MR) is 90.2 cm³/mol. The van der Waals surface area contributed by atoms with Crippen LogP contribution in [-0.4, -0.2) is 10.2 Å². The lowest BCUT2D eigenvalue weighted by molar-refractivity contribution is 0.466. The second kappa shape index (κ2) is 6.55. The van der Waals surface area contributed by atoms with Gasteiger partial charge in [-0.05, 0) is 43.7 Å². The monoisotopic (exact) mass is 330 g/mol. The summed E-state index contributed by atoms with van der Waals surface area (Å²) < 4.78 is 5.69. The van der Waals surface area contributed by atoms with E-state index in [1.165, 1.54) is 16.7 Å². The first-order chi connectivity index (χ1) is 10.6. The lowest BCUT2D eigenvalue weighted by atomic mass is 10.1. The maximum Gasteiger partial charge on any atom is 0.277 e. The molecule has 3 rings (SSSR count). The molecular weight excluding hydrogens is 316 g/mol. The molecule has 0 saturated carbocycles. The summed E-state index contributed by atoms with van der Waals surface area (Å²) in [7, 11) is 0. The number of aryl methyl sites for hydroxylation is 2. The van der Waals surface area contributed by atoms with Gasteiger partial charge in [0, 0.05) is 16.3 Å². The third-order valence-electron chi connectivity index (χ3n) is 3.14. The van der Waals surface area contributed by atoms with E-state index in [1.807, 2.05) is 24.3 Å². The molecule has 0 spiro atoms. The summed E-state index contributed by atoms with van der Waals surface area (Å²) >= 11 is 7.42. The third kappa shape index (κ3) is 3.70. The van der Waals surface area contributed by atoms with E-state index in [9.17, 15) is 0 Å². The van der Waals surface area contributed by atoms with Crippen LogP contribution in [0.1, 0.15) is 16.7 Å². The highest BCUT2D eigenvalue weighted by molar-refractivity contribution is 7.98. The van der Waals surface area contributed by atoms with Gasteiger partial charge in [0.25, 0.3) is 5.22 Å². The standard InChI is InChI=1S/C17H15ClN2OS/c1-11-7-12(2)9-13(8-11)10-22-17-20-19-16(21-17)14-3-5-15(18)6-4-14/h3-9H,10H2,1-2H3. The molecule has 0 radical (unpaired) electrons. The quantitative estimate of drug-likeness (QED) is 0.608. The van der Waals surface area contributed by atoms with Crippen molar-refractivity contribution < 1.29 is 4.42 Å². The lowest BCUT2D eigenvalue weighted by Crippen LogP contribution is -1.85. The summed E-state index contributed by atoms with van der Waals surface area (Å²) in [4.78, 5) is 0. The Kier molecular flexibility index (Phi) is 4.50. The maximum atomic E-state index is 5.88. The Morgan fingerprint density at radius 3 is 2.36 bits per heavy atom. The van der Waals surface area contributed by atoms with Crippen LogP contribution in [0.25, 0.3) is 11.5 Å². The molecular formula is C17H15ClN2OS. The van der Waals surface area contributed by atoms with Crippen LogP contribution < -0.4 is 0 Å². The molecule has 22 heavy (non-hydrogen) atoms. The molecule has 0 fully saturated rings. The van der Waals surface area contributed by atoms with Crippen LogP contribution in [0.5, 0.6) is 0 Å². The molecule has 112 valence electrons.